The van der Waals surface area contributed by atoms with Crippen molar-refractivity contribution in [2.75, 3.05) is 0 Å². The van der Waals surface area contributed by atoms with Crippen LogP contribution >= 0.6 is 11.3 Å². The van der Waals surface area contributed by atoms with Crippen LogP contribution < -0.4 is 0 Å². The van der Waals surface area contributed by atoms with Crippen LogP contribution in [0.15, 0.2) is 140 Å². The van der Waals surface area contributed by atoms with Crippen LogP contribution in [0.5, 0.6) is 0 Å². The number of thiophene rings is 1. The Hall–Kier alpha value is -5.64. The Labute approximate surface area is 307 Å². The van der Waals surface area contributed by atoms with E-state index in [0.717, 1.165) is 6.42 Å². The molecule has 0 unspecified atom stereocenters. The lowest BCUT2D eigenvalue weighted by molar-refractivity contribution is 0.658. The van der Waals surface area contributed by atoms with E-state index in [1.165, 1.54) is 116 Å². The molecule has 3 aromatic heterocycles. The highest BCUT2D eigenvalue weighted by Crippen LogP contribution is 2.50. The minimum Gasteiger partial charge on any atom is -0.309 e. The van der Waals surface area contributed by atoms with Crippen LogP contribution in [0.3, 0.4) is 0 Å². The molecule has 0 N–H and O–H groups in total. The van der Waals surface area contributed by atoms with Gasteiger partial charge in [0, 0.05) is 58.5 Å². The molecule has 0 bridgehead atoms. The van der Waals surface area contributed by atoms with Crippen molar-refractivity contribution >= 4 is 75.1 Å². The molecule has 1 aliphatic carbocycles. The second-order valence-electron chi connectivity index (χ2n) is 15.2. The number of aromatic nitrogens is 2. The number of benzene rings is 7. The fourth-order valence-corrected chi connectivity index (χ4v) is 10.4. The fraction of sp³-hybridized carbons (Fsp3) is 0.143. The number of hydrogen-bond donors (Lipinski definition) is 0. The number of hydrogen-bond acceptors (Lipinski definition) is 1. The lowest BCUT2D eigenvalue weighted by Gasteiger charge is -2.23. The van der Waals surface area contributed by atoms with E-state index < -0.39 is 0 Å². The molecule has 0 spiro atoms. The second kappa shape index (κ2) is 10.9. The zero-order valence-electron chi connectivity index (χ0n) is 29.7. The van der Waals surface area contributed by atoms with E-state index in [9.17, 15) is 0 Å². The van der Waals surface area contributed by atoms with Gasteiger partial charge in [-0.15, -0.1) is 11.3 Å². The van der Waals surface area contributed by atoms with Gasteiger partial charge < -0.3 is 9.13 Å². The molecule has 2 nitrogen and oxygen atoms in total. The van der Waals surface area contributed by atoms with Crippen LogP contribution in [0.25, 0.3) is 86.3 Å². The van der Waals surface area contributed by atoms with Crippen LogP contribution in [0.2, 0.25) is 0 Å². The molecule has 3 heterocycles. The molecule has 0 atom stereocenters. The van der Waals surface area contributed by atoms with E-state index in [4.69, 9.17) is 0 Å². The molecule has 1 aliphatic rings. The SMILES string of the molecule is CCCCc1ccc2c(c1)C(C)(C)c1cc(-n3c4ccccc4c4ccc5c(c6ccccc6n5-c5ccc6sc7ccccc7c6c5)c43)ccc1-2. The van der Waals surface area contributed by atoms with Crippen molar-refractivity contribution in [3.63, 3.8) is 0 Å². The molecule has 0 saturated carbocycles. The number of rotatable bonds is 5. The summed E-state index contributed by atoms with van der Waals surface area (Å²) in [4.78, 5) is 0. The van der Waals surface area contributed by atoms with Gasteiger partial charge in [-0.3, -0.25) is 0 Å². The van der Waals surface area contributed by atoms with E-state index >= 15 is 0 Å². The highest BCUT2D eigenvalue weighted by Gasteiger charge is 2.36. The van der Waals surface area contributed by atoms with Gasteiger partial charge in [0.15, 0.2) is 0 Å². The van der Waals surface area contributed by atoms with Crippen molar-refractivity contribution in [1.29, 1.82) is 0 Å². The quantitative estimate of drug-likeness (QED) is 0.171. The van der Waals surface area contributed by atoms with E-state index in [0.29, 0.717) is 0 Å². The highest BCUT2D eigenvalue weighted by atomic mass is 32.1. The van der Waals surface area contributed by atoms with Crippen molar-refractivity contribution in [2.24, 2.45) is 0 Å². The fourth-order valence-electron chi connectivity index (χ4n) is 9.36. The van der Waals surface area contributed by atoms with Gasteiger partial charge in [-0.05, 0) is 95.3 Å². The summed E-state index contributed by atoms with van der Waals surface area (Å²) in [5, 5.41) is 7.78. The molecule has 3 heteroatoms. The Morgan fingerprint density at radius 1 is 0.519 bits per heavy atom. The van der Waals surface area contributed by atoms with Crippen LogP contribution in [0, 0.1) is 0 Å². The number of fused-ring (bicyclic) bond motifs is 13. The molecule has 250 valence electrons. The molecule has 0 saturated heterocycles. The average molecular weight is 687 g/mol. The van der Waals surface area contributed by atoms with Crippen molar-refractivity contribution in [3.8, 4) is 22.5 Å². The lowest BCUT2D eigenvalue weighted by atomic mass is 9.81. The van der Waals surface area contributed by atoms with Crippen molar-refractivity contribution < 1.29 is 0 Å². The summed E-state index contributed by atoms with van der Waals surface area (Å²) < 4.78 is 7.69. The van der Waals surface area contributed by atoms with Gasteiger partial charge in [-0.2, -0.15) is 0 Å². The minimum absolute atomic E-state index is 0.0858. The van der Waals surface area contributed by atoms with E-state index in [1.54, 1.807) is 0 Å². The van der Waals surface area contributed by atoms with Gasteiger partial charge in [0.2, 0.25) is 0 Å². The van der Waals surface area contributed by atoms with Crippen LogP contribution in [-0.2, 0) is 11.8 Å². The minimum atomic E-state index is -0.0858. The molecule has 7 aromatic carbocycles. The summed E-state index contributed by atoms with van der Waals surface area (Å²) >= 11 is 1.87. The first kappa shape index (κ1) is 30.0. The first-order valence-electron chi connectivity index (χ1n) is 18.7. The number of unbranched alkanes of at least 4 members (excludes halogenated alkanes) is 1. The highest BCUT2D eigenvalue weighted by molar-refractivity contribution is 7.25. The van der Waals surface area contributed by atoms with E-state index in [1.807, 2.05) is 11.3 Å². The summed E-state index contributed by atoms with van der Waals surface area (Å²) in [5.41, 5.74) is 14.4. The zero-order chi connectivity index (χ0) is 34.7. The van der Waals surface area contributed by atoms with Crippen molar-refractivity contribution in [2.45, 2.75) is 45.4 Å². The summed E-state index contributed by atoms with van der Waals surface area (Å²) in [6.07, 6.45) is 3.59. The van der Waals surface area contributed by atoms with Crippen LogP contribution in [0.1, 0.15) is 50.3 Å². The molecule has 52 heavy (non-hydrogen) atoms. The van der Waals surface area contributed by atoms with Gasteiger partial charge in [0.25, 0.3) is 0 Å². The Morgan fingerprint density at radius 3 is 2.00 bits per heavy atom. The molecule has 11 rings (SSSR count). The monoisotopic (exact) mass is 686 g/mol. The van der Waals surface area contributed by atoms with Gasteiger partial charge in [0.1, 0.15) is 0 Å². The Kier molecular flexibility index (Phi) is 6.31. The van der Waals surface area contributed by atoms with Crippen molar-refractivity contribution in [1.82, 2.24) is 9.13 Å². The molecule has 0 aliphatic heterocycles. The Balaban J connectivity index is 1.19. The molecular weight excluding hydrogens is 649 g/mol. The number of aryl methyl sites for hydroxylation is 1. The van der Waals surface area contributed by atoms with Gasteiger partial charge in [0.05, 0.1) is 22.1 Å². The Morgan fingerprint density at radius 2 is 1.17 bits per heavy atom. The first-order chi connectivity index (χ1) is 25.5. The molecule has 0 fully saturated rings. The van der Waals surface area contributed by atoms with E-state index in [2.05, 4.69) is 169 Å². The predicted octanol–water partition coefficient (Wildman–Crippen LogP) is 13.9. The molecule has 10 aromatic rings. The number of nitrogens with zero attached hydrogens (tertiary/aromatic N) is 2. The van der Waals surface area contributed by atoms with Gasteiger partial charge >= 0.3 is 0 Å². The third-order valence-corrected chi connectivity index (χ3v) is 13.0. The summed E-state index contributed by atoms with van der Waals surface area (Å²) in [7, 11) is 0. The van der Waals surface area contributed by atoms with Crippen molar-refractivity contribution in [3.05, 3.63) is 156 Å². The summed E-state index contributed by atoms with van der Waals surface area (Å²) in [5.74, 6) is 0. The van der Waals surface area contributed by atoms with Gasteiger partial charge in [-0.1, -0.05) is 112 Å². The Bertz CT molecular complexity index is 3090. The average Bonchev–Trinajstić information content (AvgIpc) is 3.89. The smallest absolute Gasteiger partial charge is 0.0641 e. The first-order valence-corrected chi connectivity index (χ1v) is 19.5. The summed E-state index contributed by atoms with van der Waals surface area (Å²) in [6, 6.07) is 52.9. The van der Waals surface area contributed by atoms with Crippen LogP contribution in [0.4, 0.5) is 0 Å². The maximum atomic E-state index is 2.55. The standard InChI is InChI=1S/C49H38N2S/c1-4-5-12-30-19-22-33-34-23-20-32(29-41(34)49(2,3)40(33)27-30)51-42-16-9-6-13-35(42)37-24-25-44-47(48(37)51)38-15-7-10-17-43(38)50(44)31-21-26-46-39(28-31)36-14-8-11-18-45(36)52-46/h6-11,13-29H,4-5,12H2,1-3H3. The maximum Gasteiger partial charge on any atom is 0.0641 e. The largest absolute Gasteiger partial charge is 0.309 e. The predicted molar refractivity (Wildman–Crippen MR) is 224 cm³/mol. The summed E-state index contributed by atoms with van der Waals surface area (Å²) in [6.45, 7) is 7.10. The molecular formula is C49H38N2S. The molecule has 0 radical (unpaired) electrons. The van der Waals surface area contributed by atoms with Crippen LogP contribution in [-0.4, -0.2) is 9.13 Å². The normalized spacial score (nSPS) is 13.7. The third kappa shape index (κ3) is 4.06. The second-order valence-corrected chi connectivity index (χ2v) is 16.3. The third-order valence-electron chi connectivity index (χ3n) is 11.9. The lowest BCUT2D eigenvalue weighted by Crippen LogP contribution is -2.15. The topological polar surface area (TPSA) is 9.86 Å². The zero-order valence-corrected chi connectivity index (χ0v) is 30.5. The number of para-hydroxylation sites is 2. The maximum absolute atomic E-state index is 2.55. The van der Waals surface area contributed by atoms with E-state index in [-0.39, 0.29) is 5.41 Å². The molecule has 0 amide bonds. The van der Waals surface area contributed by atoms with Gasteiger partial charge in [-0.25, -0.2) is 0 Å².